The summed E-state index contributed by atoms with van der Waals surface area (Å²) in [6.45, 7) is 7.09. The van der Waals surface area contributed by atoms with Crippen LogP contribution in [0, 0.1) is 0 Å². The van der Waals surface area contributed by atoms with Crippen LogP contribution in [0.1, 0.15) is 6.92 Å². The molecule has 20 heavy (non-hydrogen) atoms. The van der Waals surface area contributed by atoms with E-state index in [2.05, 4.69) is 5.32 Å². The van der Waals surface area contributed by atoms with Gasteiger partial charge in [0.2, 0.25) is 11.8 Å². The lowest BCUT2D eigenvalue weighted by molar-refractivity contribution is -0.132. The molecular formula is C13H23N3O3S. The van der Waals surface area contributed by atoms with E-state index in [4.69, 9.17) is 4.74 Å². The summed E-state index contributed by atoms with van der Waals surface area (Å²) in [5.41, 5.74) is 0. The van der Waals surface area contributed by atoms with Gasteiger partial charge >= 0.3 is 0 Å². The van der Waals surface area contributed by atoms with Gasteiger partial charge in [-0.25, -0.2) is 0 Å². The van der Waals surface area contributed by atoms with E-state index in [-0.39, 0.29) is 17.9 Å². The molecule has 0 aromatic heterocycles. The molecule has 7 heteroatoms. The number of morpholine rings is 1. The quantitative estimate of drug-likeness (QED) is 0.751. The molecule has 1 atom stereocenters. The van der Waals surface area contributed by atoms with Gasteiger partial charge in [0, 0.05) is 38.8 Å². The van der Waals surface area contributed by atoms with E-state index in [0.717, 1.165) is 19.6 Å². The average molecular weight is 301 g/mol. The Kier molecular flexibility index (Phi) is 6.12. The third-order valence-corrected chi connectivity index (χ3v) is 4.54. The summed E-state index contributed by atoms with van der Waals surface area (Å²) < 4.78 is 5.22. The summed E-state index contributed by atoms with van der Waals surface area (Å²) in [6.07, 6.45) is 0. The van der Waals surface area contributed by atoms with Crippen LogP contribution in [0.3, 0.4) is 0 Å². The standard InChI is InChI=1S/C13H23N3O3S/c1-11-8-14-2-3-16(11)13(18)10-20-9-12(17)15-4-6-19-7-5-15/h11,14H,2-10H2,1H3/t11-/m0/s1. The molecule has 2 amide bonds. The monoisotopic (exact) mass is 301 g/mol. The van der Waals surface area contributed by atoms with Crippen molar-refractivity contribution in [1.29, 1.82) is 0 Å². The van der Waals surface area contributed by atoms with Crippen LogP contribution >= 0.6 is 11.8 Å². The van der Waals surface area contributed by atoms with Gasteiger partial charge in [0.15, 0.2) is 0 Å². The Bertz CT molecular complexity index is 348. The van der Waals surface area contributed by atoms with Crippen LogP contribution in [0.4, 0.5) is 0 Å². The molecule has 6 nitrogen and oxygen atoms in total. The maximum Gasteiger partial charge on any atom is 0.232 e. The third kappa shape index (κ3) is 4.36. The number of amides is 2. The second kappa shape index (κ2) is 7.85. The van der Waals surface area contributed by atoms with Crippen molar-refractivity contribution in [2.24, 2.45) is 0 Å². The number of rotatable bonds is 4. The van der Waals surface area contributed by atoms with Crippen LogP contribution in [0.25, 0.3) is 0 Å². The average Bonchev–Trinajstić information content (AvgIpc) is 2.48. The molecule has 2 saturated heterocycles. The van der Waals surface area contributed by atoms with Crippen molar-refractivity contribution in [1.82, 2.24) is 15.1 Å². The topological polar surface area (TPSA) is 61.9 Å². The predicted molar refractivity (Wildman–Crippen MR) is 78.8 cm³/mol. The van der Waals surface area contributed by atoms with E-state index in [1.54, 1.807) is 0 Å². The molecular weight excluding hydrogens is 278 g/mol. The molecule has 2 heterocycles. The van der Waals surface area contributed by atoms with E-state index < -0.39 is 0 Å². The molecule has 0 aliphatic carbocycles. The Hall–Kier alpha value is -0.790. The van der Waals surface area contributed by atoms with Gasteiger partial charge in [0.1, 0.15) is 0 Å². The highest BCUT2D eigenvalue weighted by atomic mass is 32.2. The van der Waals surface area contributed by atoms with Crippen molar-refractivity contribution in [2.75, 3.05) is 57.4 Å². The van der Waals surface area contributed by atoms with E-state index in [1.807, 2.05) is 16.7 Å². The molecule has 2 fully saturated rings. The number of carbonyl (C=O) groups excluding carboxylic acids is 2. The molecule has 0 radical (unpaired) electrons. The van der Waals surface area contributed by atoms with Crippen LogP contribution < -0.4 is 5.32 Å². The fourth-order valence-corrected chi connectivity index (χ4v) is 3.22. The van der Waals surface area contributed by atoms with Gasteiger partial charge in [0.05, 0.1) is 24.7 Å². The first-order chi connectivity index (χ1) is 9.68. The number of hydrogen-bond donors (Lipinski definition) is 1. The highest BCUT2D eigenvalue weighted by Gasteiger charge is 2.23. The Balaban J connectivity index is 1.66. The first-order valence-corrected chi connectivity index (χ1v) is 8.27. The van der Waals surface area contributed by atoms with Gasteiger partial charge in [-0.2, -0.15) is 0 Å². The number of ether oxygens (including phenoxy) is 1. The van der Waals surface area contributed by atoms with Crippen molar-refractivity contribution < 1.29 is 14.3 Å². The van der Waals surface area contributed by atoms with Crippen LogP contribution in [-0.4, -0.2) is 85.1 Å². The van der Waals surface area contributed by atoms with Gasteiger partial charge in [0.25, 0.3) is 0 Å². The Morgan fingerprint density at radius 3 is 2.60 bits per heavy atom. The Morgan fingerprint density at radius 1 is 1.20 bits per heavy atom. The SMILES string of the molecule is C[C@H]1CNCCN1C(=O)CSCC(=O)N1CCOCC1. The van der Waals surface area contributed by atoms with Crippen molar-refractivity contribution in [3.63, 3.8) is 0 Å². The van der Waals surface area contributed by atoms with Gasteiger partial charge in [-0.1, -0.05) is 0 Å². The number of nitrogens with zero attached hydrogens (tertiary/aromatic N) is 2. The number of thioether (sulfide) groups is 1. The molecule has 0 spiro atoms. The second-order valence-corrected chi connectivity index (χ2v) is 6.11. The van der Waals surface area contributed by atoms with Crippen molar-refractivity contribution in [3.05, 3.63) is 0 Å². The smallest absolute Gasteiger partial charge is 0.232 e. The molecule has 0 aromatic carbocycles. The van der Waals surface area contributed by atoms with Crippen LogP contribution in [0.2, 0.25) is 0 Å². The maximum absolute atomic E-state index is 12.1. The molecule has 0 aromatic rings. The second-order valence-electron chi connectivity index (χ2n) is 5.13. The van der Waals surface area contributed by atoms with E-state index >= 15 is 0 Å². The first-order valence-electron chi connectivity index (χ1n) is 7.12. The molecule has 2 aliphatic heterocycles. The van der Waals surface area contributed by atoms with Gasteiger partial charge < -0.3 is 19.9 Å². The Labute approximate surface area is 124 Å². The molecule has 0 saturated carbocycles. The number of hydrogen-bond acceptors (Lipinski definition) is 5. The summed E-state index contributed by atoms with van der Waals surface area (Å²) in [6, 6.07) is 0.242. The van der Waals surface area contributed by atoms with E-state index in [0.29, 0.717) is 37.8 Å². The molecule has 114 valence electrons. The van der Waals surface area contributed by atoms with Crippen molar-refractivity contribution in [2.45, 2.75) is 13.0 Å². The highest BCUT2D eigenvalue weighted by molar-refractivity contribution is 8.00. The molecule has 2 rings (SSSR count). The van der Waals surface area contributed by atoms with E-state index in [9.17, 15) is 9.59 Å². The summed E-state index contributed by atoms with van der Waals surface area (Å²) in [7, 11) is 0. The van der Waals surface area contributed by atoms with Gasteiger partial charge in [-0.05, 0) is 6.92 Å². The number of piperazine rings is 1. The zero-order valence-corrected chi connectivity index (χ0v) is 12.8. The zero-order valence-electron chi connectivity index (χ0n) is 12.0. The van der Waals surface area contributed by atoms with Crippen LogP contribution in [0.15, 0.2) is 0 Å². The summed E-state index contributed by atoms with van der Waals surface area (Å²) in [4.78, 5) is 27.8. The van der Waals surface area contributed by atoms with Crippen molar-refractivity contribution in [3.8, 4) is 0 Å². The highest BCUT2D eigenvalue weighted by Crippen LogP contribution is 2.09. The van der Waals surface area contributed by atoms with Gasteiger partial charge in [-0.3, -0.25) is 9.59 Å². The molecule has 0 unspecified atom stereocenters. The Morgan fingerprint density at radius 2 is 1.90 bits per heavy atom. The minimum atomic E-state index is 0.111. The largest absolute Gasteiger partial charge is 0.378 e. The lowest BCUT2D eigenvalue weighted by atomic mass is 10.2. The van der Waals surface area contributed by atoms with Crippen LogP contribution in [0.5, 0.6) is 0 Å². The lowest BCUT2D eigenvalue weighted by Crippen LogP contribution is -2.52. The summed E-state index contributed by atoms with van der Waals surface area (Å²) in [5, 5.41) is 3.26. The minimum Gasteiger partial charge on any atom is -0.378 e. The molecule has 2 aliphatic rings. The van der Waals surface area contributed by atoms with E-state index in [1.165, 1.54) is 11.8 Å². The lowest BCUT2D eigenvalue weighted by Gasteiger charge is -2.34. The maximum atomic E-state index is 12.1. The van der Waals surface area contributed by atoms with Crippen molar-refractivity contribution >= 4 is 23.6 Å². The fraction of sp³-hybridized carbons (Fsp3) is 0.846. The molecule has 1 N–H and O–H groups in total. The molecule has 0 bridgehead atoms. The van der Waals surface area contributed by atoms with Gasteiger partial charge in [-0.15, -0.1) is 11.8 Å². The fourth-order valence-electron chi connectivity index (χ4n) is 2.42. The summed E-state index contributed by atoms with van der Waals surface area (Å²) >= 11 is 1.42. The normalized spacial score (nSPS) is 23.8. The first kappa shape index (κ1) is 15.6. The third-order valence-electron chi connectivity index (χ3n) is 3.64. The van der Waals surface area contributed by atoms with Crippen LogP contribution in [-0.2, 0) is 14.3 Å². The summed E-state index contributed by atoms with van der Waals surface area (Å²) in [5.74, 6) is 1.02. The number of nitrogens with one attached hydrogen (secondary N) is 1. The minimum absolute atomic E-state index is 0.111. The number of carbonyl (C=O) groups is 2. The predicted octanol–water partition coefficient (Wildman–Crippen LogP) is -0.601. The zero-order chi connectivity index (χ0) is 14.4.